The van der Waals surface area contributed by atoms with Crippen molar-refractivity contribution in [2.45, 2.75) is 31.9 Å². The Bertz CT molecular complexity index is 704. The smallest absolute Gasteiger partial charge is 0.410 e. The molecular weight excluding hydrogens is 332 g/mol. The van der Waals surface area contributed by atoms with Crippen molar-refractivity contribution in [1.82, 2.24) is 9.88 Å². The summed E-state index contributed by atoms with van der Waals surface area (Å²) >= 11 is 0. The number of carbonyl (C=O) groups is 1. The molecule has 1 aromatic rings. The summed E-state index contributed by atoms with van der Waals surface area (Å²) < 4.78 is 32.9. The summed E-state index contributed by atoms with van der Waals surface area (Å²) in [6.45, 7) is 5.69. The number of hydrogen-bond acceptors (Lipinski definition) is 6. The van der Waals surface area contributed by atoms with Gasteiger partial charge in [-0.1, -0.05) is 12.7 Å². The molecule has 7 nitrogen and oxygen atoms in total. The Kier molecular flexibility index (Phi) is 5.95. The summed E-state index contributed by atoms with van der Waals surface area (Å²) in [7, 11) is -3.58. The van der Waals surface area contributed by atoms with Crippen LogP contribution in [0.5, 0.6) is 0 Å². The predicted molar refractivity (Wildman–Crippen MR) is 89.1 cm³/mol. The zero-order valence-electron chi connectivity index (χ0n) is 13.8. The molecule has 24 heavy (non-hydrogen) atoms. The molecule has 1 amide bonds. The van der Waals surface area contributed by atoms with Crippen molar-refractivity contribution < 1.29 is 22.1 Å². The molecule has 2 atom stereocenters. The van der Waals surface area contributed by atoms with Gasteiger partial charge < -0.3 is 9.64 Å². The first kappa shape index (κ1) is 18.4. The van der Waals surface area contributed by atoms with Gasteiger partial charge in [-0.05, 0) is 37.5 Å². The highest BCUT2D eigenvalue weighted by molar-refractivity contribution is 7.86. The number of rotatable bonds is 6. The van der Waals surface area contributed by atoms with Crippen molar-refractivity contribution in [3.63, 3.8) is 0 Å². The summed E-state index contributed by atoms with van der Waals surface area (Å²) in [5.41, 5.74) is 1.91. The van der Waals surface area contributed by atoms with Gasteiger partial charge in [0.25, 0.3) is 10.1 Å². The molecule has 1 saturated heterocycles. The van der Waals surface area contributed by atoms with Gasteiger partial charge in [-0.2, -0.15) is 8.42 Å². The quantitative estimate of drug-likeness (QED) is 0.571. The van der Waals surface area contributed by atoms with Gasteiger partial charge in [-0.25, -0.2) is 4.79 Å². The van der Waals surface area contributed by atoms with Crippen LogP contribution in [-0.2, 0) is 25.5 Å². The lowest BCUT2D eigenvalue weighted by Gasteiger charge is -2.23. The fraction of sp³-hybridized carbons (Fsp3) is 0.500. The van der Waals surface area contributed by atoms with E-state index in [1.807, 2.05) is 19.1 Å². The number of pyridine rings is 1. The van der Waals surface area contributed by atoms with Crippen LogP contribution in [0.25, 0.3) is 0 Å². The maximum atomic E-state index is 12.2. The van der Waals surface area contributed by atoms with E-state index in [9.17, 15) is 13.2 Å². The Balaban J connectivity index is 2.13. The first-order valence-corrected chi connectivity index (χ1v) is 9.44. The Morgan fingerprint density at radius 3 is 2.92 bits per heavy atom. The lowest BCUT2D eigenvalue weighted by molar-refractivity contribution is 0.104. The zero-order chi connectivity index (χ0) is 17.7. The average molecular weight is 354 g/mol. The van der Waals surface area contributed by atoms with Crippen LogP contribution in [0.3, 0.4) is 0 Å². The second-order valence-corrected chi connectivity index (χ2v) is 7.44. The molecule has 0 radical (unpaired) electrons. The molecule has 0 N–H and O–H groups in total. The molecule has 1 aromatic heterocycles. The number of carbonyl (C=O) groups excluding carboxylic acids is 1. The highest BCUT2D eigenvalue weighted by atomic mass is 32.2. The number of aryl methyl sites for hydroxylation is 1. The minimum absolute atomic E-state index is 0.105. The van der Waals surface area contributed by atoms with Crippen molar-refractivity contribution >= 4 is 16.2 Å². The Labute approximate surface area is 142 Å². The third-order valence-electron chi connectivity index (χ3n) is 3.68. The van der Waals surface area contributed by atoms with E-state index in [1.54, 1.807) is 6.20 Å². The molecule has 2 unspecified atom stereocenters. The number of ether oxygens (including phenoxy) is 1. The van der Waals surface area contributed by atoms with Crippen LogP contribution in [0.1, 0.15) is 17.7 Å². The van der Waals surface area contributed by atoms with E-state index < -0.39 is 22.3 Å². The second-order valence-electron chi connectivity index (χ2n) is 5.84. The number of hydrogen-bond donors (Lipinski definition) is 0. The molecule has 2 rings (SSSR count). The number of likely N-dealkylation sites (tertiary alicyclic amines) is 1. The summed E-state index contributed by atoms with van der Waals surface area (Å²) in [5.74, 6) is 0. The van der Waals surface area contributed by atoms with Crippen LogP contribution in [0.15, 0.2) is 31.0 Å². The first-order valence-electron chi connectivity index (χ1n) is 7.62. The van der Waals surface area contributed by atoms with Crippen LogP contribution in [-0.4, -0.2) is 55.9 Å². The average Bonchev–Trinajstić information content (AvgIpc) is 2.85. The van der Waals surface area contributed by atoms with Crippen molar-refractivity contribution in [2.24, 2.45) is 0 Å². The van der Waals surface area contributed by atoms with Gasteiger partial charge in [-0.15, -0.1) is 0 Å². The maximum Gasteiger partial charge on any atom is 0.410 e. The SMILES string of the molecule is C=CCOC(=O)N1CC(OS(C)(=O)=O)CC1Cc1ccnc(C)c1. The third-order valence-corrected chi connectivity index (χ3v) is 4.30. The molecule has 0 saturated carbocycles. The summed E-state index contributed by atoms with van der Waals surface area (Å²) in [5, 5.41) is 0. The van der Waals surface area contributed by atoms with E-state index >= 15 is 0 Å². The van der Waals surface area contributed by atoms with Crippen LogP contribution in [0, 0.1) is 6.92 Å². The van der Waals surface area contributed by atoms with E-state index in [1.165, 1.54) is 11.0 Å². The third kappa shape index (κ3) is 5.31. The topological polar surface area (TPSA) is 85.8 Å². The molecule has 1 aliphatic rings. The molecule has 0 aromatic carbocycles. The molecular formula is C16H22N2O5S. The fourth-order valence-corrected chi connectivity index (χ4v) is 3.46. The van der Waals surface area contributed by atoms with Gasteiger partial charge in [0.2, 0.25) is 0 Å². The van der Waals surface area contributed by atoms with Gasteiger partial charge >= 0.3 is 6.09 Å². The zero-order valence-corrected chi connectivity index (χ0v) is 14.7. The van der Waals surface area contributed by atoms with Gasteiger partial charge in [0.15, 0.2) is 0 Å². The first-order chi connectivity index (χ1) is 11.3. The molecule has 0 bridgehead atoms. The largest absolute Gasteiger partial charge is 0.445 e. The van der Waals surface area contributed by atoms with Crippen LogP contribution >= 0.6 is 0 Å². The van der Waals surface area contributed by atoms with Crippen molar-refractivity contribution in [2.75, 3.05) is 19.4 Å². The van der Waals surface area contributed by atoms with E-state index in [0.717, 1.165) is 17.5 Å². The summed E-state index contributed by atoms with van der Waals surface area (Å²) in [4.78, 5) is 17.9. The normalized spacial score (nSPS) is 20.8. The van der Waals surface area contributed by atoms with Crippen molar-refractivity contribution in [3.05, 3.63) is 42.2 Å². The van der Waals surface area contributed by atoms with Gasteiger partial charge in [0.1, 0.15) is 6.61 Å². The minimum atomic E-state index is -3.58. The standard InChI is InChI=1S/C16H22N2O5S/c1-4-7-22-16(19)18-11-15(23-24(3,20)21)10-14(18)9-13-5-6-17-12(2)8-13/h4-6,8,14-15H,1,7,9-11H2,2-3H3. The number of aromatic nitrogens is 1. The van der Waals surface area contributed by atoms with Gasteiger partial charge in [0.05, 0.1) is 18.9 Å². The number of amides is 1. The minimum Gasteiger partial charge on any atom is -0.445 e. The van der Waals surface area contributed by atoms with E-state index in [-0.39, 0.29) is 19.2 Å². The molecule has 1 fully saturated rings. The fourth-order valence-electron chi connectivity index (χ4n) is 2.82. The Morgan fingerprint density at radius 1 is 1.54 bits per heavy atom. The van der Waals surface area contributed by atoms with Crippen LogP contribution in [0.4, 0.5) is 4.79 Å². The van der Waals surface area contributed by atoms with Crippen LogP contribution < -0.4 is 0 Å². The second kappa shape index (κ2) is 7.76. The predicted octanol–water partition coefficient (Wildman–Crippen LogP) is 1.67. The van der Waals surface area contributed by atoms with E-state index in [4.69, 9.17) is 8.92 Å². The highest BCUT2D eigenvalue weighted by Crippen LogP contribution is 2.25. The Hall–Kier alpha value is -1.93. The maximum absolute atomic E-state index is 12.2. The molecule has 132 valence electrons. The lowest BCUT2D eigenvalue weighted by atomic mass is 10.0. The van der Waals surface area contributed by atoms with Gasteiger partial charge in [-0.3, -0.25) is 9.17 Å². The number of nitrogens with zero attached hydrogens (tertiary/aromatic N) is 2. The summed E-state index contributed by atoms with van der Waals surface area (Å²) in [6, 6.07) is 3.62. The molecule has 0 spiro atoms. The summed E-state index contributed by atoms with van der Waals surface area (Å²) in [6.07, 6.45) is 4.15. The monoisotopic (exact) mass is 354 g/mol. The molecule has 8 heteroatoms. The van der Waals surface area contributed by atoms with Crippen molar-refractivity contribution in [1.29, 1.82) is 0 Å². The van der Waals surface area contributed by atoms with E-state index in [0.29, 0.717) is 12.8 Å². The van der Waals surface area contributed by atoms with Crippen molar-refractivity contribution in [3.8, 4) is 0 Å². The Morgan fingerprint density at radius 2 is 2.29 bits per heavy atom. The molecule has 0 aliphatic carbocycles. The van der Waals surface area contributed by atoms with Crippen LogP contribution in [0.2, 0.25) is 0 Å². The molecule has 1 aliphatic heterocycles. The highest BCUT2D eigenvalue weighted by Gasteiger charge is 2.38. The van der Waals surface area contributed by atoms with E-state index in [2.05, 4.69) is 11.6 Å². The van der Waals surface area contributed by atoms with Gasteiger partial charge in [0, 0.05) is 17.9 Å². The molecule has 2 heterocycles. The lowest BCUT2D eigenvalue weighted by Crippen LogP contribution is -2.37.